The van der Waals surface area contributed by atoms with Gasteiger partial charge < -0.3 is 14.8 Å². The largest absolute Gasteiger partial charge is 0.493 e. The van der Waals surface area contributed by atoms with Crippen LogP contribution in [-0.2, 0) is 17.9 Å². The van der Waals surface area contributed by atoms with Crippen LogP contribution >= 0.6 is 27.7 Å². The maximum Gasteiger partial charge on any atom is 0.234 e. The average molecular weight is 521 g/mol. The van der Waals surface area contributed by atoms with Crippen LogP contribution in [0.1, 0.15) is 11.4 Å². The third kappa shape index (κ3) is 6.10. The topological polar surface area (TPSA) is 78.3 Å². The lowest BCUT2D eigenvalue weighted by Gasteiger charge is -2.12. The quantitative estimate of drug-likeness (QED) is 0.299. The first-order valence-electron chi connectivity index (χ1n) is 9.59. The number of ether oxygens (including phenoxy) is 2. The number of benzene rings is 2. The highest BCUT2D eigenvalue weighted by Crippen LogP contribution is 2.29. The van der Waals surface area contributed by atoms with Gasteiger partial charge in [0.25, 0.3) is 0 Å². The summed E-state index contributed by atoms with van der Waals surface area (Å²) in [7, 11) is 1.59. The minimum Gasteiger partial charge on any atom is -0.493 e. The van der Waals surface area contributed by atoms with Gasteiger partial charge in [-0.3, -0.25) is 9.36 Å². The summed E-state index contributed by atoms with van der Waals surface area (Å²) >= 11 is 4.38. The first-order chi connectivity index (χ1) is 15.4. The molecule has 0 unspecified atom stereocenters. The fraction of sp³-hybridized carbons (Fsp3) is 0.227. The van der Waals surface area contributed by atoms with Crippen LogP contribution in [0.3, 0.4) is 0 Å². The molecule has 0 saturated carbocycles. The Balaban J connectivity index is 1.65. The van der Waals surface area contributed by atoms with E-state index in [1.165, 1.54) is 23.9 Å². The van der Waals surface area contributed by atoms with E-state index in [2.05, 4.69) is 38.0 Å². The maximum absolute atomic E-state index is 13.9. The van der Waals surface area contributed by atoms with E-state index in [0.717, 1.165) is 5.56 Å². The van der Waals surface area contributed by atoms with Crippen LogP contribution in [0.2, 0.25) is 0 Å². The number of carbonyl (C=O) groups is 1. The number of allylic oxidation sites excluding steroid dienone is 1. The minimum absolute atomic E-state index is 0.0391. The molecule has 3 aromatic rings. The van der Waals surface area contributed by atoms with Crippen molar-refractivity contribution in [1.29, 1.82) is 0 Å². The smallest absolute Gasteiger partial charge is 0.234 e. The van der Waals surface area contributed by atoms with Crippen LogP contribution in [0, 0.1) is 12.7 Å². The Bertz CT molecular complexity index is 1120. The van der Waals surface area contributed by atoms with E-state index in [9.17, 15) is 9.18 Å². The highest BCUT2D eigenvalue weighted by atomic mass is 79.9. The molecule has 0 aliphatic heterocycles. The van der Waals surface area contributed by atoms with Crippen molar-refractivity contribution in [2.45, 2.75) is 25.2 Å². The van der Waals surface area contributed by atoms with Crippen molar-refractivity contribution in [3.8, 4) is 11.5 Å². The molecule has 10 heteroatoms. The molecule has 0 aliphatic carbocycles. The van der Waals surface area contributed by atoms with Gasteiger partial charge in [-0.1, -0.05) is 39.8 Å². The molecule has 0 atom stereocenters. The van der Waals surface area contributed by atoms with Gasteiger partial charge in [-0.2, -0.15) is 0 Å². The lowest BCUT2D eigenvalue weighted by molar-refractivity contribution is -0.113. The summed E-state index contributed by atoms with van der Waals surface area (Å²) in [4.78, 5) is 12.3. The lowest BCUT2D eigenvalue weighted by Crippen LogP contribution is -2.16. The standard InChI is InChI=1S/C22H22BrFN4O3S/c1-4-9-28-20(12-31-18-8-5-14(2)10-19(18)30-3)26-27-22(28)32-13-21(29)25-17-7-6-15(23)11-16(17)24/h4-8,10-11H,1,9,12-13H2,2-3H3,(H,25,29). The van der Waals surface area contributed by atoms with Crippen LogP contribution in [-0.4, -0.2) is 33.5 Å². The van der Waals surface area contributed by atoms with E-state index in [0.29, 0.717) is 33.5 Å². The number of anilines is 1. The number of nitrogens with one attached hydrogen (secondary N) is 1. The van der Waals surface area contributed by atoms with Crippen LogP contribution in [0.4, 0.5) is 10.1 Å². The Morgan fingerprint density at radius 2 is 2.09 bits per heavy atom. The Hall–Kier alpha value is -2.85. The number of halogens is 2. The van der Waals surface area contributed by atoms with Crippen molar-refractivity contribution in [1.82, 2.24) is 14.8 Å². The molecule has 1 aromatic heterocycles. The predicted molar refractivity (Wildman–Crippen MR) is 126 cm³/mol. The summed E-state index contributed by atoms with van der Waals surface area (Å²) in [6, 6.07) is 10.1. The number of nitrogens with zero attached hydrogens (tertiary/aromatic N) is 3. The molecule has 1 amide bonds. The highest BCUT2D eigenvalue weighted by Gasteiger charge is 2.16. The van der Waals surface area contributed by atoms with Gasteiger partial charge in [0.2, 0.25) is 5.91 Å². The van der Waals surface area contributed by atoms with Crippen molar-refractivity contribution in [3.05, 3.63) is 70.7 Å². The number of aryl methyl sites for hydroxylation is 1. The van der Waals surface area contributed by atoms with E-state index >= 15 is 0 Å². The minimum atomic E-state index is -0.515. The van der Waals surface area contributed by atoms with Crippen LogP contribution in [0.5, 0.6) is 11.5 Å². The zero-order valence-electron chi connectivity index (χ0n) is 17.6. The molecule has 168 valence electrons. The van der Waals surface area contributed by atoms with Crippen LogP contribution in [0.15, 0.2) is 58.7 Å². The Morgan fingerprint density at radius 3 is 2.81 bits per heavy atom. The van der Waals surface area contributed by atoms with Crippen LogP contribution < -0.4 is 14.8 Å². The predicted octanol–water partition coefficient (Wildman–Crippen LogP) is 4.99. The van der Waals surface area contributed by atoms with Gasteiger partial charge in [0.05, 0.1) is 18.6 Å². The average Bonchev–Trinajstić information content (AvgIpc) is 3.15. The number of methoxy groups -OCH3 is 1. The maximum atomic E-state index is 13.9. The Morgan fingerprint density at radius 1 is 1.28 bits per heavy atom. The normalized spacial score (nSPS) is 10.6. The summed E-state index contributed by atoms with van der Waals surface area (Å²) in [5.41, 5.74) is 1.18. The zero-order chi connectivity index (χ0) is 23.1. The third-order valence-electron chi connectivity index (χ3n) is 4.32. The SMILES string of the molecule is C=CCn1c(COc2ccc(C)cc2OC)nnc1SCC(=O)Nc1ccc(Br)cc1F. The number of amides is 1. The summed E-state index contributed by atoms with van der Waals surface area (Å²) in [6.07, 6.45) is 1.71. The van der Waals surface area contributed by atoms with Gasteiger partial charge in [0, 0.05) is 11.0 Å². The second-order valence-corrected chi connectivity index (χ2v) is 8.56. The summed E-state index contributed by atoms with van der Waals surface area (Å²) in [5.74, 6) is 0.972. The van der Waals surface area contributed by atoms with E-state index in [1.54, 1.807) is 19.3 Å². The van der Waals surface area contributed by atoms with Crippen molar-refractivity contribution >= 4 is 39.3 Å². The summed E-state index contributed by atoms with van der Waals surface area (Å²) in [6.45, 7) is 6.35. The first kappa shape index (κ1) is 23.8. The Labute approximate surface area is 198 Å². The molecule has 1 heterocycles. The van der Waals surface area contributed by atoms with Gasteiger partial charge in [-0.25, -0.2) is 4.39 Å². The molecule has 0 saturated heterocycles. The number of carbonyl (C=O) groups excluding carboxylic acids is 1. The molecule has 3 rings (SSSR count). The van der Waals surface area contributed by atoms with Gasteiger partial charge in [-0.05, 0) is 42.8 Å². The van der Waals surface area contributed by atoms with Crippen molar-refractivity contribution in [2.75, 3.05) is 18.2 Å². The highest BCUT2D eigenvalue weighted by molar-refractivity contribution is 9.10. The van der Waals surface area contributed by atoms with Gasteiger partial charge in [0.1, 0.15) is 12.4 Å². The van der Waals surface area contributed by atoms with E-state index in [4.69, 9.17) is 9.47 Å². The van der Waals surface area contributed by atoms with Gasteiger partial charge >= 0.3 is 0 Å². The fourth-order valence-electron chi connectivity index (χ4n) is 2.79. The molecule has 32 heavy (non-hydrogen) atoms. The van der Waals surface area contributed by atoms with Crippen molar-refractivity contribution < 1.29 is 18.7 Å². The molecule has 0 radical (unpaired) electrons. The molecular weight excluding hydrogens is 499 g/mol. The number of aromatic nitrogens is 3. The molecule has 0 spiro atoms. The summed E-state index contributed by atoms with van der Waals surface area (Å²) < 4.78 is 27.6. The zero-order valence-corrected chi connectivity index (χ0v) is 20.0. The monoisotopic (exact) mass is 520 g/mol. The molecule has 0 aliphatic rings. The van der Waals surface area contributed by atoms with Gasteiger partial charge in [0.15, 0.2) is 22.5 Å². The van der Waals surface area contributed by atoms with Crippen molar-refractivity contribution in [3.63, 3.8) is 0 Å². The number of rotatable bonds is 10. The lowest BCUT2D eigenvalue weighted by atomic mass is 10.2. The molecule has 0 bridgehead atoms. The number of hydrogen-bond donors (Lipinski definition) is 1. The number of hydrogen-bond acceptors (Lipinski definition) is 6. The molecule has 2 aromatic carbocycles. The van der Waals surface area contributed by atoms with Gasteiger partial charge in [-0.15, -0.1) is 16.8 Å². The molecule has 1 N–H and O–H groups in total. The number of thioether (sulfide) groups is 1. The molecular formula is C22H22BrFN4O3S. The summed E-state index contributed by atoms with van der Waals surface area (Å²) in [5, 5.41) is 11.4. The fourth-order valence-corrected chi connectivity index (χ4v) is 3.89. The third-order valence-corrected chi connectivity index (χ3v) is 5.78. The molecule has 0 fully saturated rings. The Kier molecular flexibility index (Phi) is 8.29. The first-order valence-corrected chi connectivity index (χ1v) is 11.4. The van der Waals surface area contributed by atoms with E-state index in [1.807, 2.05) is 29.7 Å². The van der Waals surface area contributed by atoms with E-state index < -0.39 is 5.82 Å². The van der Waals surface area contributed by atoms with Crippen molar-refractivity contribution in [2.24, 2.45) is 0 Å². The second-order valence-electron chi connectivity index (χ2n) is 6.70. The second kappa shape index (κ2) is 11.1. The van der Waals surface area contributed by atoms with Crippen LogP contribution in [0.25, 0.3) is 0 Å². The molecule has 7 nitrogen and oxygen atoms in total. The van der Waals surface area contributed by atoms with E-state index in [-0.39, 0.29) is 24.0 Å².